The third-order valence-electron chi connectivity index (χ3n) is 6.65. The van der Waals surface area contributed by atoms with Gasteiger partial charge in [-0.15, -0.1) is 0 Å². The van der Waals surface area contributed by atoms with E-state index in [0.717, 1.165) is 5.56 Å². The highest BCUT2D eigenvalue weighted by Gasteiger charge is 2.38. The first-order valence-corrected chi connectivity index (χ1v) is 12.6. The van der Waals surface area contributed by atoms with Gasteiger partial charge in [0.05, 0.1) is 24.1 Å². The molecule has 6 N–H and O–H groups in total. The molecule has 2 heterocycles. The van der Waals surface area contributed by atoms with Crippen LogP contribution < -0.4 is 21.3 Å². The number of aliphatic hydroxyl groups excluding tert-OH is 1. The van der Waals surface area contributed by atoms with Gasteiger partial charge in [0.15, 0.2) is 5.69 Å². The molecule has 1 saturated heterocycles. The normalized spacial score (nSPS) is 26.8. The van der Waals surface area contributed by atoms with Gasteiger partial charge in [-0.2, -0.15) is 0 Å². The zero-order valence-electron chi connectivity index (χ0n) is 21.8. The fourth-order valence-electron chi connectivity index (χ4n) is 4.32. The maximum atomic E-state index is 13.6. The van der Waals surface area contributed by atoms with Crippen molar-refractivity contribution in [2.45, 2.75) is 64.4 Å². The van der Waals surface area contributed by atoms with E-state index in [0.29, 0.717) is 0 Å². The molecule has 4 amide bonds. The summed E-state index contributed by atoms with van der Waals surface area (Å²) in [5.74, 6) is -4.21. The van der Waals surface area contributed by atoms with Crippen molar-refractivity contribution in [3.05, 3.63) is 59.9 Å². The topological polar surface area (TPSA) is 170 Å². The van der Waals surface area contributed by atoms with Gasteiger partial charge in [0, 0.05) is 6.20 Å². The molecule has 6 atom stereocenters. The number of carbonyl (C=O) groups excluding carboxylic acids is 4. The molecule has 11 heteroatoms. The second kappa shape index (κ2) is 12.5. The fraction of sp³-hybridized carbons (Fsp3) is 0.444. The van der Waals surface area contributed by atoms with Crippen LogP contribution >= 0.6 is 0 Å². The minimum atomic E-state index is -1.30. The van der Waals surface area contributed by atoms with Crippen LogP contribution in [0.2, 0.25) is 0 Å². The third-order valence-corrected chi connectivity index (χ3v) is 6.65. The van der Waals surface area contributed by atoms with Gasteiger partial charge in [0.2, 0.25) is 17.7 Å². The number of carbonyl (C=O) groups is 4. The molecule has 38 heavy (non-hydrogen) atoms. The van der Waals surface area contributed by atoms with E-state index in [-0.39, 0.29) is 23.8 Å². The molecule has 204 valence electrons. The Kier molecular flexibility index (Phi) is 9.40. The Morgan fingerprint density at radius 3 is 2.29 bits per heavy atom. The average molecular weight is 526 g/mol. The molecule has 1 fully saturated rings. The van der Waals surface area contributed by atoms with E-state index in [9.17, 15) is 29.4 Å². The van der Waals surface area contributed by atoms with Crippen molar-refractivity contribution >= 4 is 23.6 Å². The Morgan fingerprint density at radius 1 is 0.974 bits per heavy atom. The van der Waals surface area contributed by atoms with E-state index >= 15 is 0 Å². The lowest BCUT2D eigenvalue weighted by molar-refractivity contribution is -0.136. The number of hydrogen-bond donors (Lipinski definition) is 6. The van der Waals surface area contributed by atoms with E-state index in [1.165, 1.54) is 32.2 Å². The number of hydrogen-bond acceptors (Lipinski definition) is 7. The number of aromatic nitrogens is 1. The third kappa shape index (κ3) is 6.86. The van der Waals surface area contributed by atoms with Crippen LogP contribution in [0.25, 0.3) is 0 Å². The molecule has 0 aliphatic carbocycles. The first kappa shape index (κ1) is 28.6. The van der Waals surface area contributed by atoms with Crippen LogP contribution in [0.5, 0.6) is 5.75 Å². The highest BCUT2D eigenvalue weighted by molar-refractivity contribution is 5.98. The van der Waals surface area contributed by atoms with Crippen LogP contribution in [0.15, 0.2) is 48.7 Å². The van der Waals surface area contributed by atoms with Crippen molar-refractivity contribution in [2.24, 2.45) is 11.8 Å². The van der Waals surface area contributed by atoms with Crippen molar-refractivity contribution in [3.8, 4) is 5.75 Å². The largest absolute Gasteiger partial charge is 0.505 e. The predicted octanol–water partition coefficient (Wildman–Crippen LogP) is 0.269. The van der Waals surface area contributed by atoms with Gasteiger partial charge in [0.25, 0.3) is 5.91 Å². The lowest BCUT2D eigenvalue weighted by Gasteiger charge is -2.34. The number of nitrogens with zero attached hydrogens (tertiary/aromatic N) is 1. The number of nitrogens with one attached hydrogen (secondary N) is 4. The van der Waals surface area contributed by atoms with Gasteiger partial charge in [-0.1, -0.05) is 51.1 Å². The van der Waals surface area contributed by atoms with Gasteiger partial charge in [-0.3, -0.25) is 19.2 Å². The minimum Gasteiger partial charge on any atom is -0.505 e. The number of aromatic hydroxyl groups is 1. The summed E-state index contributed by atoms with van der Waals surface area (Å²) in [5.41, 5.74) is 0.531. The molecule has 0 saturated carbocycles. The minimum absolute atomic E-state index is 0.210. The van der Waals surface area contributed by atoms with Crippen molar-refractivity contribution < 1.29 is 29.4 Å². The first-order valence-electron chi connectivity index (χ1n) is 12.6. The summed E-state index contributed by atoms with van der Waals surface area (Å²) in [7, 11) is 0. The molecule has 1 aromatic carbocycles. The smallest absolute Gasteiger partial charge is 0.274 e. The maximum absolute atomic E-state index is 13.6. The van der Waals surface area contributed by atoms with Crippen LogP contribution in [0, 0.1) is 11.8 Å². The van der Waals surface area contributed by atoms with E-state index < -0.39 is 59.8 Å². The number of pyridine rings is 1. The summed E-state index contributed by atoms with van der Waals surface area (Å²) < 4.78 is 0. The molecule has 1 aliphatic rings. The van der Waals surface area contributed by atoms with E-state index in [2.05, 4.69) is 26.3 Å². The first-order chi connectivity index (χ1) is 18.0. The second-order valence-electron chi connectivity index (χ2n) is 9.93. The summed E-state index contributed by atoms with van der Waals surface area (Å²) in [6.07, 6.45) is 0.229. The van der Waals surface area contributed by atoms with Gasteiger partial charge in [-0.25, -0.2) is 4.98 Å². The molecule has 1 aromatic heterocycles. The molecule has 1 unspecified atom stereocenters. The SMILES string of the molecule is CC(C)C1NC(=O)[C@H](C)[C@H](O)[C@H](Cc2ccccc2)NC(=O)[C@@H](NC(=O)c2ncccc2O)[C@@H](C)NC1=O. The average Bonchev–Trinajstić information content (AvgIpc) is 2.88. The molecular formula is C27H35N5O6. The number of rotatable bonds is 5. The number of aliphatic hydroxyl groups is 1. The Labute approximate surface area is 221 Å². The van der Waals surface area contributed by atoms with Crippen molar-refractivity contribution in [1.82, 2.24) is 26.3 Å². The lowest BCUT2D eigenvalue weighted by atomic mass is 9.90. The lowest BCUT2D eigenvalue weighted by Crippen LogP contribution is -2.64. The Balaban J connectivity index is 1.99. The Morgan fingerprint density at radius 2 is 1.66 bits per heavy atom. The van der Waals surface area contributed by atoms with E-state index in [4.69, 9.17) is 0 Å². The zero-order chi connectivity index (χ0) is 28.0. The Hall–Kier alpha value is -3.99. The van der Waals surface area contributed by atoms with Gasteiger partial charge >= 0.3 is 0 Å². The summed E-state index contributed by atoms with van der Waals surface area (Å²) in [4.78, 5) is 56.5. The molecule has 0 bridgehead atoms. The fourth-order valence-corrected chi connectivity index (χ4v) is 4.32. The molecule has 11 nitrogen and oxygen atoms in total. The van der Waals surface area contributed by atoms with Crippen molar-refractivity contribution in [2.75, 3.05) is 0 Å². The second-order valence-corrected chi connectivity index (χ2v) is 9.93. The zero-order valence-corrected chi connectivity index (χ0v) is 21.8. The maximum Gasteiger partial charge on any atom is 0.274 e. The summed E-state index contributed by atoms with van der Waals surface area (Å²) in [6.45, 7) is 6.58. The van der Waals surface area contributed by atoms with Crippen LogP contribution in [0.1, 0.15) is 43.7 Å². The monoisotopic (exact) mass is 525 g/mol. The molecule has 1 aliphatic heterocycles. The highest BCUT2D eigenvalue weighted by Crippen LogP contribution is 2.17. The van der Waals surface area contributed by atoms with Gasteiger partial charge in [0.1, 0.15) is 17.8 Å². The molecular weight excluding hydrogens is 490 g/mol. The van der Waals surface area contributed by atoms with E-state index in [1.54, 1.807) is 13.8 Å². The van der Waals surface area contributed by atoms with Crippen LogP contribution in [0.3, 0.4) is 0 Å². The van der Waals surface area contributed by atoms with Gasteiger partial charge < -0.3 is 31.5 Å². The molecule has 2 aromatic rings. The molecule has 0 radical (unpaired) electrons. The summed E-state index contributed by atoms with van der Waals surface area (Å²) in [6, 6.07) is 7.83. The number of amides is 4. The van der Waals surface area contributed by atoms with Crippen LogP contribution in [0.4, 0.5) is 0 Å². The highest BCUT2D eigenvalue weighted by atomic mass is 16.3. The van der Waals surface area contributed by atoms with Crippen molar-refractivity contribution in [1.29, 1.82) is 0 Å². The Bertz CT molecular complexity index is 1160. The molecule has 0 spiro atoms. The van der Waals surface area contributed by atoms with Crippen LogP contribution in [-0.4, -0.2) is 69.1 Å². The molecule has 3 rings (SSSR count). The summed E-state index contributed by atoms with van der Waals surface area (Å²) in [5, 5.41) is 32.0. The standard InChI is InChI=1S/C27H35N5O6/c1-14(2)20-25(36)29-16(4)21(32-27(38)22-19(33)11-8-12-28-22)26(37)30-18(13-17-9-6-5-7-10-17)23(34)15(3)24(35)31-20/h5-12,14-16,18,20-21,23,33-34H,13H2,1-4H3,(H,29,36)(H,30,37)(H,31,35)(H,32,38)/t15-,16-,18+,20?,21+,23+/m1/s1. The van der Waals surface area contributed by atoms with Crippen molar-refractivity contribution in [3.63, 3.8) is 0 Å². The predicted molar refractivity (Wildman–Crippen MR) is 139 cm³/mol. The quantitative estimate of drug-likeness (QED) is 0.325. The van der Waals surface area contributed by atoms with Gasteiger partial charge in [-0.05, 0) is 37.0 Å². The summed E-state index contributed by atoms with van der Waals surface area (Å²) >= 11 is 0. The number of benzene rings is 1. The van der Waals surface area contributed by atoms with Crippen LogP contribution in [-0.2, 0) is 20.8 Å². The van der Waals surface area contributed by atoms with E-state index in [1.807, 2.05) is 30.3 Å².